The first-order valence-electron chi connectivity index (χ1n) is 7.72. The molecule has 0 saturated heterocycles. The van der Waals surface area contributed by atoms with Crippen molar-refractivity contribution in [3.8, 4) is 0 Å². The van der Waals surface area contributed by atoms with Crippen LogP contribution in [0.25, 0.3) is 10.9 Å². The van der Waals surface area contributed by atoms with Crippen molar-refractivity contribution in [3.63, 3.8) is 0 Å². The average Bonchev–Trinajstić information content (AvgIpc) is 2.84. The summed E-state index contributed by atoms with van der Waals surface area (Å²) in [5, 5.41) is 1.15. The maximum Gasteiger partial charge on any atom is 0.268 e. The molecule has 24 heavy (non-hydrogen) atoms. The minimum absolute atomic E-state index is 0.142. The van der Waals surface area contributed by atoms with E-state index in [4.69, 9.17) is 11.6 Å². The van der Waals surface area contributed by atoms with E-state index in [9.17, 15) is 8.42 Å². The highest BCUT2D eigenvalue weighted by atomic mass is 35.5. The summed E-state index contributed by atoms with van der Waals surface area (Å²) < 4.78 is 27.4. The molecule has 0 aliphatic carbocycles. The molecule has 0 aliphatic heterocycles. The Bertz CT molecular complexity index is 1020. The van der Waals surface area contributed by atoms with Gasteiger partial charge in [0.05, 0.1) is 16.1 Å². The number of aromatic nitrogens is 2. The second-order valence-corrected chi connectivity index (χ2v) is 8.51. The van der Waals surface area contributed by atoms with Crippen molar-refractivity contribution in [2.45, 2.75) is 38.5 Å². The molecular weight excluding hydrogens is 344 g/mol. The first-order valence-corrected chi connectivity index (χ1v) is 9.54. The fourth-order valence-electron chi connectivity index (χ4n) is 2.85. The first-order chi connectivity index (χ1) is 11.2. The third-order valence-electron chi connectivity index (χ3n) is 4.06. The highest BCUT2D eigenvalue weighted by Gasteiger charge is 2.23. The van der Waals surface area contributed by atoms with Crippen molar-refractivity contribution in [1.29, 1.82) is 0 Å². The summed E-state index contributed by atoms with van der Waals surface area (Å²) in [6.45, 7) is 7.85. The van der Waals surface area contributed by atoms with Crippen LogP contribution in [0.15, 0.2) is 41.4 Å². The molecule has 0 amide bonds. The van der Waals surface area contributed by atoms with Crippen molar-refractivity contribution in [2.24, 2.45) is 0 Å². The molecule has 126 valence electrons. The molecule has 2 heterocycles. The molecule has 3 aromatic rings. The fraction of sp³-hybridized carbons (Fsp3) is 0.278. The first kappa shape index (κ1) is 17.0. The summed E-state index contributed by atoms with van der Waals surface area (Å²) in [4.78, 5) is 4.65. The van der Waals surface area contributed by atoms with Gasteiger partial charge in [0, 0.05) is 17.6 Å². The van der Waals surface area contributed by atoms with Crippen LogP contribution >= 0.6 is 11.6 Å². The minimum Gasteiger partial charge on any atom is -0.241 e. The van der Waals surface area contributed by atoms with Crippen molar-refractivity contribution in [1.82, 2.24) is 8.96 Å². The Morgan fingerprint density at radius 3 is 2.33 bits per heavy atom. The number of nitrogens with zero attached hydrogens (tertiary/aromatic N) is 2. The molecule has 0 N–H and O–H groups in total. The topological polar surface area (TPSA) is 52.0 Å². The lowest BCUT2D eigenvalue weighted by atomic mass is 10.0. The SMILES string of the molecule is Cc1ccc(S(=O)(=O)n2cc(C)c3c(C(C)C)nc(Cl)cc32)cc1. The van der Waals surface area contributed by atoms with Gasteiger partial charge in [-0.2, -0.15) is 0 Å². The van der Waals surface area contributed by atoms with Crippen molar-refractivity contribution in [2.75, 3.05) is 0 Å². The van der Waals surface area contributed by atoms with Crippen LogP contribution in [0.5, 0.6) is 0 Å². The third-order valence-corrected chi connectivity index (χ3v) is 5.94. The van der Waals surface area contributed by atoms with E-state index in [-0.39, 0.29) is 10.8 Å². The number of halogens is 1. The molecule has 0 aliphatic rings. The Morgan fingerprint density at radius 1 is 1.12 bits per heavy atom. The van der Waals surface area contributed by atoms with Crippen LogP contribution in [0.2, 0.25) is 5.15 Å². The predicted molar refractivity (Wildman–Crippen MR) is 97.3 cm³/mol. The van der Waals surface area contributed by atoms with Gasteiger partial charge in [-0.15, -0.1) is 0 Å². The number of rotatable bonds is 3. The zero-order valence-electron chi connectivity index (χ0n) is 14.0. The second kappa shape index (κ2) is 5.90. The van der Waals surface area contributed by atoms with Gasteiger partial charge in [-0.05, 0) is 37.5 Å². The van der Waals surface area contributed by atoms with Crippen molar-refractivity contribution < 1.29 is 8.42 Å². The molecule has 0 unspecified atom stereocenters. The van der Waals surface area contributed by atoms with Gasteiger partial charge in [0.2, 0.25) is 0 Å². The maximum absolute atomic E-state index is 13.1. The molecular formula is C18H19ClN2O2S. The smallest absolute Gasteiger partial charge is 0.241 e. The summed E-state index contributed by atoms with van der Waals surface area (Å²) in [5.41, 5.74) is 3.26. The van der Waals surface area contributed by atoms with Gasteiger partial charge in [-0.25, -0.2) is 17.4 Å². The number of aryl methyl sites for hydroxylation is 2. The largest absolute Gasteiger partial charge is 0.268 e. The normalized spacial score (nSPS) is 12.2. The minimum atomic E-state index is -3.69. The monoisotopic (exact) mass is 362 g/mol. The molecule has 4 nitrogen and oxygen atoms in total. The highest BCUT2D eigenvalue weighted by molar-refractivity contribution is 7.90. The zero-order valence-corrected chi connectivity index (χ0v) is 15.6. The molecule has 0 spiro atoms. The number of fused-ring (bicyclic) bond motifs is 1. The van der Waals surface area contributed by atoms with E-state index < -0.39 is 10.0 Å². The molecule has 1 aromatic carbocycles. The summed E-state index contributed by atoms with van der Waals surface area (Å²) in [6.07, 6.45) is 1.64. The van der Waals surface area contributed by atoms with Crippen LogP contribution < -0.4 is 0 Å². The summed E-state index contributed by atoms with van der Waals surface area (Å²) in [5.74, 6) is 0.142. The van der Waals surface area contributed by atoms with Crippen LogP contribution in [-0.2, 0) is 10.0 Å². The zero-order chi connectivity index (χ0) is 17.6. The van der Waals surface area contributed by atoms with Crippen LogP contribution in [0.1, 0.15) is 36.6 Å². The van der Waals surface area contributed by atoms with E-state index in [2.05, 4.69) is 4.98 Å². The van der Waals surface area contributed by atoms with Gasteiger partial charge in [-0.1, -0.05) is 43.1 Å². The van der Waals surface area contributed by atoms with Gasteiger partial charge in [0.15, 0.2) is 0 Å². The lowest BCUT2D eigenvalue weighted by molar-refractivity contribution is 0.589. The molecule has 0 bridgehead atoms. The molecule has 3 rings (SSSR count). The Hall–Kier alpha value is -1.85. The summed E-state index contributed by atoms with van der Waals surface area (Å²) in [6, 6.07) is 8.44. The quantitative estimate of drug-likeness (QED) is 0.636. The van der Waals surface area contributed by atoms with Crippen molar-refractivity contribution in [3.05, 3.63) is 58.5 Å². The highest BCUT2D eigenvalue weighted by Crippen LogP contribution is 2.32. The average molecular weight is 363 g/mol. The Balaban J connectivity index is 2.33. The Labute approximate surface area is 147 Å². The van der Waals surface area contributed by atoms with Crippen LogP contribution in [0.3, 0.4) is 0 Å². The maximum atomic E-state index is 13.1. The van der Waals surface area contributed by atoms with Gasteiger partial charge in [0.1, 0.15) is 5.15 Å². The second-order valence-electron chi connectivity index (χ2n) is 6.31. The van der Waals surface area contributed by atoms with E-state index in [0.717, 1.165) is 22.2 Å². The van der Waals surface area contributed by atoms with Gasteiger partial charge >= 0.3 is 0 Å². The molecule has 0 saturated carbocycles. The fourth-order valence-corrected chi connectivity index (χ4v) is 4.45. The number of pyridine rings is 1. The van der Waals surface area contributed by atoms with Crippen LogP contribution in [0, 0.1) is 13.8 Å². The van der Waals surface area contributed by atoms with Crippen LogP contribution in [-0.4, -0.2) is 17.4 Å². The van der Waals surface area contributed by atoms with Gasteiger partial charge in [-0.3, -0.25) is 0 Å². The molecule has 2 aromatic heterocycles. The number of hydrogen-bond acceptors (Lipinski definition) is 3. The predicted octanol–water partition coefficient (Wildman–Crippen LogP) is 4.67. The number of benzene rings is 1. The number of hydrogen-bond donors (Lipinski definition) is 0. The molecule has 6 heteroatoms. The van der Waals surface area contributed by atoms with E-state index in [0.29, 0.717) is 10.7 Å². The van der Waals surface area contributed by atoms with Gasteiger partial charge < -0.3 is 0 Å². The standard InChI is InChI=1S/C18H19ClN2O2S/c1-11(2)18-17-13(4)10-21(15(17)9-16(19)20-18)24(22,23)14-7-5-12(3)6-8-14/h5-11H,1-4H3. The Kier molecular flexibility index (Phi) is 4.18. The summed E-state index contributed by atoms with van der Waals surface area (Å²) >= 11 is 6.15. The van der Waals surface area contributed by atoms with E-state index in [1.807, 2.05) is 27.7 Å². The lowest BCUT2D eigenvalue weighted by Gasteiger charge is -2.11. The van der Waals surface area contributed by atoms with E-state index in [1.54, 1.807) is 36.5 Å². The van der Waals surface area contributed by atoms with Gasteiger partial charge in [0.25, 0.3) is 10.0 Å². The molecule has 0 fully saturated rings. The lowest BCUT2D eigenvalue weighted by Crippen LogP contribution is -2.12. The van der Waals surface area contributed by atoms with Crippen molar-refractivity contribution >= 4 is 32.5 Å². The summed E-state index contributed by atoms with van der Waals surface area (Å²) in [7, 11) is -3.69. The van der Waals surface area contributed by atoms with E-state index in [1.165, 1.54) is 3.97 Å². The third kappa shape index (κ3) is 2.72. The van der Waals surface area contributed by atoms with Crippen LogP contribution in [0.4, 0.5) is 0 Å². The van der Waals surface area contributed by atoms with E-state index >= 15 is 0 Å². The molecule has 0 atom stereocenters. The Morgan fingerprint density at radius 2 is 1.75 bits per heavy atom. The molecule has 0 radical (unpaired) electrons.